The number of rotatable bonds is 5. The topological polar surface area (TPSA) is 103 Å². The highest BCUT2D eigenvalue weighted by Gasteiger charge is 2.38. The highest BCUT2D eigenvalue weighted by Crippen LogP contribution is 2.37. The number of nitrogens with one attached hydrogen (secondary N) is 1. The first-order chi connectivity index (χ1) is 16.7. The normalized spacial score (nSPS) is 16.7. The van der Waals surface area contributed by atoms with Gasteiger partial charge in [-0.15, -0.1) is 0 Å². The Morgan fingerprint density at radius 3 is 2.71 bits per heavy atom. The molecule has 3 aromatic rings. The van der Waals surface area contributed by atoms with E-state index in [4.69, 9.17) is 0 Å². The fraction of sp³-hybridized carbons (Fsp3) is 0.391. The molecule has 0 atom stereocenters. The fourth-order valence-electron chi connectivity index (χ4n) is 4.65. The Bertz CT molecular complexity index is 1280. The molecule has 1 fully saturated rings. The van der Waals surface area contributed by atoms with Crippen LogP contribution in [-0.2, 0) is 6.54 Å². The van der Waals surface area contributed by atoms with Crippen molar-refractivity contribution in [2.75, 3.05) is 36.5 Å². The Balaban J connectivity index is 1.49. The Kier molecular flexibility index (Phi) is 5.83. The van der Waals surface area contributed by atoms with E-state index >= 15 is 0 Å². The van der Waals surface area contributed by atoms with Crippen LogP contribution in [0.5, 0.6) is 0 Å². The molecule has 5 rings (SSSR count). The summed E-state index contributed by atoms with van der Waals surface area (Å²) < 4.78 is 40.4. The largest absolute Gasteiger partial charge is 0.406 e. The number of halogens is 3. The van der Waals surface area contributed by atoms with E-state index < -0.39 is 24.5 Å². The van der Waals surface area contributed by atoms with Crippen molar-refractivity contribution in [3.05, 3.63) is 53.5 Å². The summed E-state index contributed by atoms with van der Waals surface area (Å²) in [6.07, 6.45) is 1.51. The van der Waals surface area contributed by atoms with Gasteiger partial charge in [-0.2, -0.15) is 18.3 Å². The molecule has 0 spiro atoms. The number of anilines is 2. The number of fused-ring (bicyclic) bond motifs is 2. The lowest BCUT2D eigenvalue weighted by molar-refractivity contribution is -0.140. The highest BCUT2D eigenvalue weighted by molar-refractivity contribution is 6.10. The molecular weight excluding hydrogens is 465 g/mol. The third kappa shape index (κ3) is 4.53. The molecule has 0 radical (unpaired) electrons. The van der Waals surface area contributed by atoms with Crippen LogP contribution in [0.3, 0.4) is 0 Å². The highest BCUT2D eigenvalue weighted by atomic mass is 19.4. The van der Waals surface area contributed by atoms with Crippen molar-refractivity contribution in [3.63, 3.8) is 0 Å². The van der Waals surface area contributed by atoms with Crippen molar-refractivity contribution in [2.45, 2.75) is 25.6 Å². The van der Waals surface area contributed by atoms with Gasteiger partial charge in [-0.05, 0) is 42.5 Å². The lowest BCUT2D eigenvalue weighted by Gasteiger charge is -2.34. The number of carbonyl (C=O) groups is 2. The molecule has 0 unspecified atom stereocenters. The van der Waals surface area contributed by atoms with Crippen LogP contribution >= 0.6 is 0 Å². The smallest absolute Gasteiger partial charge is 0.396 e. The van der Waals surface area contributed by atoms with Gasteiger partial charge in [-0.3, -0.25) is 9.59 Å². The maximum absolute atomic E-state index is 13.2. The molecule has 0 saturated carbocycles. The third-order valence-electron chi connectivity index (χ3n) is 6.46. The molecule has 12 heteroatoms. The van der Waals surface area contributed by atoms with Crippen LogP contribution in [0.15, 0.2) is 36.8 Å². The number of hydrogen-bond acceptors (Lipinski definition) is 6. The number of alkyl halides is 3. The second kappa shape index (κ2) is 8.84. The third-order valence-corrected chi connectivity index (χ3v) is 6.46. The molecule has 2 aliphatic rings. The zero-order valence-corrected chi connectivity index (χ0v) is 18.6. The lowest BCUT2D eigenvalue weighted by atomic mass is 9.96. The van der Waals surface area contributed by atoms with Gasteiger partial charge in [0.2, 0.25) is 0 Å². The minimum Gasteiger partial charge on any atom is -0.396 e. The summed E-state index contributed by atoms with van der Waals surface area (Å²) >= 11 is 0. The molecule has 1 saturated heterocycles. The van der Waals surface area contributed by atoms with Crippen LogP contribution in [0.2, 0.25) is 0 Å². The first kappa shape index (κ1) is 23.1. The van der Waals surface area contributed by atoms with Crippen molar-refractivity contribution < 1.29 is 27.9 Å². The van der Waals surface area contributed by atoms with E-state index in [9.17, 15) is 27.9 Å². The minimum atomic E-state index is -4.51. The predicted octanol–water partition coefficient (Wildman–Crippen LogP) is 2.71. The monoisotopic (exact) mass is 488 g/mol. The Morgan fingerprint density at radius 2 is 2.00 bits per heavy atom. The number of hydrogen-bond donors (Lipinski definition) is 2. The maximum Gasteiger partial charge on any atom is 0.406 e. The van der Waals surface area contributed by atoms with Crippen LogP contribution in [0, 0.1) is 5.92 Å². The number of aromatic nitrogens is 3. The van der Waals surface area contributed by atoms with Crippen molar-refractivity contribution in [3.8, 4) is 0 Å². The molecule has 2 aromatic heterocycles. The Labute approximate surface area is 198 Å². The Hall–Kier alpha value is -3.67. The van der Waals surface area contributed by atoms with E-state index in [0.29, 0.717) is 48.5 Å². The van der Waals surface area contributed by atoms with Gasteiger partial charge in [0.15, 0.2) is 5.65 Å². The van der Waals surface area contributed by atoms with Gasteiger partial charge in [0, 0.05) is 44.2 Å². The van der Waals surface area contributed by atoms with E-state index in [1.807, 2.05) is 4.90 Å². The first-order valence-corrected chi connectivity index (χ1v) is 11.2. The molecule has 184 valence electrons. The van der Waals surface area contributed by atoms with Crippen LogP contribution in [-0.4, -0.2) is 68.8 Å². The summed E-state index contributed by atoms with van der Waals surface area (Å²) in [5.41, 5.74) is 2.17. The van der Waals surface area contributed by atoms with E-state index in [2.05, 4.69) is 15.4 Å². The number of aliphatic hydroxyl groups is 1. The summed E-state index contributed by atoms with van der Waals surface area (Å²) in [5, 5.41) is 16.5. The SMILES string of the molecule is O=C(Nc1cc2c(cc1N1CCC(CO)CC1)C(=O)N(CC(F)(F)F)C2)c1cnn2cccnc12. The standard InChI is InChI=1S/C23H23F3N6O3/c24-23(25,26)13-31-11-15-8-18(29-21(34)17-10-28-32-5-1-4-27-20(17)32)19(9-16(15)22(31)35)30-6-2-14(12-33)3-7-30/h1,4-5,8-10,14,33H,2-3,6-7,11-13H2,(H,29,34). The maximum atomic E-state index is 13.2. The van der Waals surface area contributed by atoms with Crippen LogP contribution < -0.4 is 10.2 Å². The van der Waals surface area contributed by atoms with Gasteiger partial charge in [0.25, 0.3) is 11.8 Å². The molecule has 0 aliphatic carbocycles. The van der Waals surface area contributed by atoms with Crippen LogP contribution in [0.25, 0.3) is 5.65 Å². The Morgan fingerprint density at radius 1 is 1.23 bits per heavy atom. The molecule has 35 heavy (non-hydrogen) atoms. The number of carbonyl (C=O) groups excluding carboxylic acids is 2. The second-order valence-corrected chi connectivity index (χ2v) is 8.82. The van der Waals surface area contributed by atoms with Gasteiger partial charge in [-0.1, -0.05) is 0 Å². The van der Waals surface area contributed by atoms with Gasteiger partial charge in [0.1, 0.15) is 12.1 Å². The zero-order valence-electron chi connectivity index (χ0n) is 18.6. The zero-order chi connectivity index (χ0) is 24.7. The first-order valence-electron chi connectivity index (χ1n) is 11.2. The lowest BCUT2D eigenvalue weighted by Crippen LogP contribution is -2.35. The molecule has 9 nitrogen and oxygen atoms in total. The van der Waals surface area contributed by atoms with Crippen molar-refractivity contribution in [1.82, 2.24) is 19.5 Å². The summed E-state index contributed by atoms with van der Waals surface area (Å²) in [4.78, 5) is 32.8. The fourth-order valence-corrected chi connectivity index (χ4v) is 4.65. The van der Waals surface area contributed by atoms with E-state index in [1.54, 1.807) is 30.6 Å². The average molecular weight is 488 g/mol. The number of amides is 2. The molecule has 2 N–H and O–H groups in total. The van der Waals surface area contributed by atoms with Gasteiger partial charge in [0.05, 0.1) is 17.6 Å². The molecular formula is C23H23F3N6O3. The molecule has 0 bridgehead atoms. The second-order valence-electron chi connectivity index (χ2n) is 8.82. The number of piperidine rings is 1. The minimum absolute atomic E-state index is 0.0776. The summed E-state index contributed by atoms with van der Waals surface area (Å²) in [6, 6.07) is 4.82. The van der Waals surface area contributed by atoms with Gasteiger partial charge < -0.3 is 20.2 Å². The van der Waals surface area contributed by atoms with Crippen LogP contribution in [0.4, 0.5) is 24.5 Å². The average Bonchev–Trinajstić information content (AvgIpc) is 3.39. The summed E-state index contributed by atoms with van der Waals surface area (Å²) in [5.74, 6) is -0.998. The summed E-state index contributed by atoms with van der Waals surface area (Å²) in [7, 11) is 0. The van der Waals surface area contributed by atoms with Crippen molar-refractivity contribution in [1.29, 1.82) is 0 Å². The molecule has 2 aliphatic heterocycles. The van der Waals surface area contributed by atoms with Crippen LogP contribution in [0.1, 0.15) is 39.1 Å². The molecule has 1 aromatic carbocycles. The van der Waals surface area contributed by atoms with E-state index in [0.717, 1.165) is 4.90 Å². The number of aliphatic hydroxyl groups excluding tert-OH is 1. The van der Waals surface area contributed by atoms with E-state index in [1.165, 1.54) is 10.7 Å². The predicted molar refractivity (Wildman–Crippen MR) is 120 cm³/mol. The summed E-state index contributed by atoms with van der Waals surface area (Å²) in [6.45, 7) is -0.305. The number of nitrogens with zero attached hydrogens (tertiary/aromatic N) is 5. The van der Waals surface area contributed by atoms with Crippen molar-refractivity contribution in [2.24, 2.45) is 5.92 Å². The van der Waals surface area contributed by atoms with Crippen molar-refractivity contribution >= 4 is 28.8 Å². The molecule has 4 heterocycles. The van der Waals surface area contributed by atoms with Gasteiger partial charge in [-0.25, -0.2) is 9.50 Å². The number of benzene rings is 1. The van der Waals surface area contributed by atoms with Gasteiger partial charge >= 0.3 is 6.18 Å². The molecule has 2 amide bonds. The quantitative estimate of drug-likeness (QED) is 0.573. The van der Waals surface area contributed by atoms with E-state index in [-0.39, 0.29) is 30.2 Å².